The van der Waals surface area contributed by atoms with Crippen LogP contribution in [0.25, 0.3) is 6.08 Å². The number of hydrogen-bond acceptors (Lipinski definition) is 1. The van der Waals surface area contributed by atoms with Crippen LogP contribution in [-0.4, -0.2) is 17.3 Å². The molecule has 6 heteroatoms. The van der Waals surface area contributed by atoms with Crippen LogP contribution < -0.4 is 0 Å². The van der Waals surface area contributed by atoms with E-state index in [2.05, 4.69) is 0 Å². The molecule has 0 aromatic heterocycles. The smallest absolute Gasteiger partial charge is 0.423 e. The molecule has 16 heavy (non-hydrogen) atoms. The molecule has 0 fully saturated rings. The Bertz CT molecular complexity index is 385. The third kappa shape index (κ3) is 3.94. The summed E-state index contributed by atoms with van der Waals surface area (Å²) in [5.41, 5.74) is -1.37. The first-order valence-electron chi connectivity index (χ1n) is 3.98. The summed E-state index contributed by atoms with van der Waals surface area (Å²) in [6, 6.07) is 7.48. The molecule has 1 aromatic rings. The van der Waals surface area contributed by atoms with Gasteiger partial charge in [0.1, 0.15) is 5.57 Å². The standard InChI is InChI=1S/C10H7F3O2.ClH/c11-10(12,13)8(9(14)15)6-7-4-2-1-3-5-7;/h1-6H,(H,14,15);1H. The summed E-state index contributed by atoms with van der Waals surface area (Å²) in [6.07, 6.45) is -4.25. The van der Waals surface area contributed by atoms with E-state index in [9.17, 15) is 18.0 Å². The lowest BCUT2D eigenvalue weighted by Gasteiger charge is -2.06. The van der Waals surface area contributed by atoms with Crippen LogP contribution in [0.1, 0.15) is 5.56 Å². The normalized spacial score (nSPS) is 11.8. The van der Waals surface area contributed by atoms with Gasteiger partial charge in [-0.15, -0.1) is 12.4 Å². The van der Waals surface area contributed by atoms with E-state index in [1.807, 2.05) is 0 Å². The second kappa shape index (κ2) is 5.55. The van der Waals surface area contributed by atoms with Crippen LogP contribution in [0, 0.1) is 0 Å². The van der Waals surface area contributed by atoms with Crippen LogP contribution in [0.4, 0.5) is 13.2 Å². The lowest BCUT2D eigenvalue weighted by atomic mass is 10.1. The fraction of sp³-hybridized carbons (Fsp3) is 0.100. The molecule has 0 heterocycles. The molecule has 1 N–H and O–H groups in total. The third-order valence-electron chi connectivity index (χ3n) is 1.65. The second-order valence-corrected chi connectivity index (χ2v) is 2.77. The van der Waals surface area contributed by atoms with Crippen molar-refractivity contribution in [2.24, 2.45) is 0 Å². The number of hydrogen-bond donors (Lipinski definition) is 1. The SMILES string of the molecule is Cl.O=C(O)C(=Cc1ccccc1)C(F)(F)F. The molecule has 0 atom stereocenters. The van der Waals surface area contributed by atoms with Gasteiger partial charge in [-0.3, -0.25) is 0 Å². The number of alkyl halides is 3. The predicted octanol–water partition coefficient (Wildman–Crippen LogP) is 3.14. The van der Waals surface area contributed by atoms with Crippen LogP contribution in [0.15, 0.2) is 35.9 Å². The molecule has 0 radical (unpaired) electrons. The number of carbonyl (C=O) groups is 1. The Morgan fingerprint density at radius 3 is 2.06 bits per heavy atom. The lowest BCUT2D eigenvalue weighted by Crippen LogP contribution is -2.19. The van der Waals surface area contributed by atoms with E-state index < -0.39 is 17.7 Å². The first kappa shape index (κ1) is 14.5. The molecule has 0 amide bonds. The van der Waals surface area contributed by atoms with Gasteiger partial charge >= 0.3 is 12.1 Å². The van der Waals surface area contributed by atoms with Crippen molar-refractivity contribution in [2.45, 2.75) is 6.18 Å². The summed E-state index contributed by atoms with van der Waals surface area (Å²) in [4.78, 5) is 10.4. The van der Waals surface area contributed by atoms with Gasteiger partial charge in [0.25, 0.3) is 0 Å². The fourth-order valence-corrected chi connectivity index (χ4v) is 0.981. The van der Waals surface area contributed by atoms with Crippen LogP contribution in [-0.2, 0) is 4.79 Å². The van der Waals surface area contributed by atoms with Crippen molar-refractivity contribution < 1.29 is 23.1 Å². The van der Waals surface area contributed by atoms with Crippen LogP contribution in [0.2, 0.25) is 0 Å². The monoisotopic (exact) mass is 252 g/mol. The Morgan fingerprint density at radius 1 is 1.19 bits per heavy atom. The molecule has 0 saturated heterocycles. The number of benzene rings is 1. The van der Waals surface area contributed by atoms with Gasteiger partial charge in [-0.25, -0.2) is 4.79 Å². The summed E-state index contributed by atoms with van der Waals surface area (Å²) in [5.74, 6) is -1.98. The van der Waals surface area contributed by atoms with Gasteiger partial charge < -0.3 is 5.11 Å². The number of rotatable bonds is 2. The van der Waals surface area contributed by atoms with Crippen LogP contribution in [0.3, 0.4) is 0 Å². The maximum atomic E-state index is 12.2. The molecular formula is C10H8ClF3O2. The maximum absolute atomic E-state index is 12.2. The van der Waals surface area contributed by atoms with E-state index in [4.69, 9.17) is 5.11 Å². The minimum atomic E-state index is -4.85. The summed E-state index contributed by atoms with van der Waals surface area (Å²) < 4.78 is 36.6. The number of carboxylic acid groups (broad SMARTS) is 1. The predicted molar refractivity (Wildman–Crippen MR) is 55.4 cm³/mol. The van der Waals surface area contributed by atoms with E-state index in [-0.39, 0.29) is 18.0 Å². The fourth-order valence-electron chi connectivity index (χ4n) is 0.981. The summed E-state index contributed by atoms with van der Waals surface area (Å²) in [7, 11) is 0. The van der Waals surface area contributed by atoms with Crippen LogP contribution >= 0.6 is 12.4 Å². The highest BCUT2D eigenvalue weighted by Crippen LogP contribution is 2.27. The van der Waals surface area contributed by atoms with Crippen LogP contribution in [0.5, 0.6) is 0 Å². The highest BCUT2D eigenvalue weighted by atomic mass is 35.5. The van der Waals surface area contributed by atoms with Gasteiger partial charge in [-0.1, -0.05) is 30.3 Å². The van der Waals surface area contributed by atoms with E-state index in [1.165, 1.54) is 24.3 Å². The Morgan fingerprint density at radius 2 is 1.69 bits per heavy atom. The van der Waals surface area contributed by atoms with Gasteiger partial charge in [-0.2, -0.15) is 13.2 Å². The van der Waals surface area contributed by atoms with Gasteiger partial charge in [0.2, 0.25) is 0 Å². The molecule has 0 saturated carbocycles. The zero-order valence-corrected chi connectivity index (χ0v) is 8.68. The molecule has 0 aliphatic rings. The lowest BCUT2D eigenvalue weighted by molar-refractivity contribution is -0.144. The Hall–Kier alpha value is -1.49. The van der Waals surface area contributed by atoms with Crippen molar-refractivity contribution >= 4 is 24.5 Å². The van der Waals surface area contributed by atoms with Gasteiger partial charge in [-0.05, 0) is 11.6 Å². The Kier molecular flexibility index (Phi) is 5.04. The van der Waals surface area contributed by atoms with Crippen molar-refractivity contribution in [1.29, 1.82) is 0 Å². The minimum Gasteiger partial charge on any atom is -0.478 e. The number of carboxylic acids is 1. The van der Waals surface area contributed by atoms with Crippen molar-refractivity contribution in [3.63, 3.8) is 0 Å². The van der Waals surface area contributed by atoms with E-state index >= 15 is 0 Å². The average molecular weight is 253 g/mol. The molecule has 0 spiro atoms. The van der Waals surface area contributed by atoms with Crippen molar-refractivity contribution in [2.75, 3.05) is 0 Å². The molecule has 1 aromatic carbocycles. The zero-order chi connectivity index (χ0) is 11.5. The highest BCUT2D eigenvalue weighted by molar-refractivity contribution is 5.93. The van der Waals surface area contributed by atoms with Crippen molar-refractivity contribution in [1.82, 2.24) is 0 Å². The van der Waals surface area contributed by atoms with Crippen molar-refractivity contribution in [3.05, 3.63) is 41.5 Å². The largest absolute Gasteiger partial charge is 0.478 e. The number of halogens is 4. The summed E-state index contributed by atoms with van der Waals surface area (Å²) >= 11 is 0. The zero-order valence-electron chi connectivity index (χ0n) is 7.86. The first-order chi connectivity index (χ1) is 6.91. The van der Waals surface area contributed by atoms with Crippen molar-refractivity contribution in [3.8, 4) is 0 Å². The van der Waals surface area contributed by atoms with E-state index in [0.717, 1.165) is 0 Å². The highest BCUT2D eigenvalue weighted by Gasteiger charge is 2.38. The Labute approximate surface area is 95.8 Å². The van der Waals surface area contributed by atoms with Gasteiger partial charge in [0, 0.05) is 0 Å². The third-order valence-corrected chi connectivity index (χ3v) is 1.65. The minimum absolute atomic E-state index is 0. The summed E-state index contributed by atoms with van der Waals surface area (Å²) in [6.45, 7) is 0. The maximum Gasteiger partial charge on any atom is 0.423 e. The average Bonchev–Trinajstić information content (AvgIpc) is 2.13. The first-order valence-corrected chi connectivity index (χ1v) is 3.98. The molecule has 1 rings (SSSR count). The second-order valence-electron chi connectivity index (χ2n) is 2.77. The molecule has 0 aliphatic heterocycles. The summed E-state index contributed by atoms with van der Waals surface area (Å²) in [5, 5.41) is 8.38. The molecular weight excluding hydrogens is 245 g/mol. The molecule has 88 valence electrons. The molecule has 0 bridgehead atoms. The quantitative estimate of drug-likeness (QED) is 0.821. The molecule has 2 nitrogen and oxygen atoms in total. The van der Waals surface area contributed by atoms with E-state index in [1.54, 1.807) is 6.07 Å². The van der Waals surface area contributed by atoms with Gasteiger partial charge in [0.05, 0.1) is 0 Å². The van der Waals surface area contributed by atoms with Gasteiger partial charge in [0.15, 0.2) is 0 Å². The number of aliphatic carboxylic acids is 1. The Balaban J connectivity index is 0.00000225. The van der Waals surface area contributed by atoms with E-state index in [0.29, 0.717) is 6.08 Å². The molecule has 0 aliphatic carbocycles. The molecule has 0 unspecified atom stereocenters. The topological polar surface area (TPSA) is 37.3 Å².